The zero-order valence-corrected chi connectivity index (χ0v) is 11.6. The van der Waals surface area contributed by atoms with Gasteiger partial charge < -0.3 is 11.1 Å². The second kappa shape index (κ2) is 5.41. The molecule has 92 valence electrons. The third-order valence-corrected chi connectivity index (χ3v) is 2.90. The summed E-state index contributed by atoms with van der Waals surface area (Å²) in [6.07, 6.45) is 0. The summed E-state index contributed by atoms with van der Waals surface area (Å²) >= 11 is 8.03. The number of halogens is 2. The van der Waals surface area contributed by atoms with Crippen LogP contribution in [-0.2, 0) is 0 Å². The highest BCUT2D eigenvalue weighted by atomic mass is 79.9. The molecule has 0 radical (unpaired) electrons. The van der Waals surface area contributed by atoms with Crippen LogP contribution >= 0.6 is 28.1 Å². The number of anilines is 2. The lowest BCUT2D eigenvalue weighted by Crippen LogP contribution is -2.12. The van der Waals surface area contributed by atoms with Crippen molar-refractivity contribution >= 4 is 44.6 Å². The van der Waals surface area contributed by atoms with Gasteiger partial charge in [0.25, 0.3) is 0 Å². The highest BCUT2D eigenvalue weighted by Crippen LogP contribution is 2.22. The first-order valence-corrected chi connectivity index (χ1v) is 6.25. The Morgan fingerprint density at radius 3 is 2.78 bits per heavy atom. The highest BCUT2D eigenvalue weighted by Gasteiger charge is 2.05. The first-order valence-electron chi connectivity index (χ1n) is 5.05. The normalized spacial score (nSPS) is 10.1. The minimum absolute atomic E-state index is 0.204. The van der Waals surface area contributed by atoms with Gasteiger partial charge in [0.15, 0.2) is 0 Å². The van der Waals surface area contributed by atoms with Crippen molar-refractivity contribution in [1.29, 1.82) is 0 Å². The largest absolute Gasteiger partial charge is 0.388 e. The SMILES string of the molecule is NC(=S)c1cccc(Nc2ccc(Br)cc2F)n1. The quantitative estimate of drug-likeness (QED) is 0.849. The van der Waals surface area contributed by atoms with Crippen molar-refractivity contribution in [2.75, 3.05) is 5.32 Å². The molecule has 0 spiro atoms. The highest BCUT2D eigenvalue weighted by molar-refractivity contribution is 9.10. The third-order valence-electron chi connectivity index (χ3n) is 2.20. The van der Waals surface area contributed by atoms with Crippen LogP contribution in [0.15, 0.2) is 40.9 Å². The van der Waals surface area contributed by atoms with Crippen LogP contribution in [-0.4, -0.2) is 9.97 Å². The lowest BCUT2D eigenvalue weighted by molar-refractivity contribution is 0.631. The van der Waals surface area contributed by atoms with Gasteiger partial charge in [0.2, 0.25) is 0 Å². The molecule has 0 saturated heterocycles. The molecule has 0 fully saturated rings. The number of aromatic nitrogens is 1. The first-order chi connectivity index (χ1) is 8.56. The van der Waals surface area contributed by atoms with Crippen LogP contribution in [0.5, 0.6) is 0 Å². The van der Waals surface area contributed by atoms with Gasteiger partial charge in [-0.1, -0.05) is 34.2 Å². The molecule has 1 aromatic carbocycles. The van der Waals surface area contributed by atoms with E-state index in [4.69, 9.17) is 18.0 Å². The summed E-state index contributed by atoms with van der Waals surface area (Å²) in [4.78, 5) is 4.38. The fourth-order valence-corrected chi connectivity index (χ4v) is 1.82. The molecule has 0 atom stereocenters. The Hall–Kier alpha value is -1.53. The molecule has 0 amide bonds. The van der Waals surface area contributed by atoms with Gasteiger partial charge in [-0.2, -0.15) is 0 Å². The molecule has 2 aromatic rings. The summed E-state index contributed by atoms with van der Waals surface area (Å²) in [5.74, 6) is 0.119. The van der Waals surface area contributed by atoms with Crippen LogP contribution in [0, 0.1) is 5.82 Å². The average Bonchev–Trinajstić information content (AvgIpc) is 2.33. The van der Waals surface area contributed by atoms with Gasteiger partial charge in [-0.05, 0) is 30.3 Å². The molecule has 0 aliphatic rings. The fraction of sp³-hybridized carbons (Fsp3) is 0. The van der Waals surface area contributed by atoms with E-state index >= 15 is 0 Å². The second-order valence-electron chi connectivity index (χ2n) is 3.52. The number of rotatable bonds is 3. The number of nitrogens with two attached hydrogens (primary N) is 1. The van der Waals surface area contributed by atoms with Crippen molar-refractivity contribution in [3.05, 3.63) is 52.4 Å². The van der Waals surface area contributed by atoms with Crippen LogP contribution in [0.4, 0.5) is 15.9 Å². The molecule has 3 N–H and O–H groups in total. The van der Waals surface area contributed by atoms with Crippen LogP contribution in [0.25, 0.3) is 0 Å². The molecule has 0 aliphatic carbocycles. The van der Waals surface area contributed by atoms with Gasteiger partial charge in [0, 0.05) is 4.47 Å². The van der Waals surface area contributed by atoms with Crippen LogP contribution in [0.2, 0.25) is 0 Å². The van der Waals surface area contributed by atoms with Crippen molar-refractivity contribution < 1.29 is 4.39 Å². The van der Waals surface area contributed by atoms with Crippen molar-refractivity contribution in [2.24, 2.45) is 5.73 Å². The fourth-order valence-electron chi connectivity index (χ4n) is 1.37. The minimum Gasteiger partial charge on any atom is -0.388 e. The Bertz CT molecular complexity index is 604. The van der Waals surface area contributed by atoms with E-state index in [1.807, 2.05) is 0 Å². The minimum atomic E-state index is -0.369. The van der Waals surface area contributed by atoms with Gasteiger partial charge in [0.05, 0.1) is 11.4 Å². The Kier molecular flexibility index (Phi) is 3.88. The third kappa shape index (κ3) is 3.02. The molecular weight excluding hydrogens is 317 g/mol. The van der Waals surface area contributed by atoms with Crippen LogP contribution in [0.1, 0.15) is 5.69 Å². The van der Waals surface area contributed by atoms with E-state index in [0.29, 0.717) is 21.7 Å². The van der Waals surface area contributed by atoms with Gasteiger partial charge in [-0.3, -0.25) is 0 Å². The van der Waals surface area contributed by atoms with E-state index in [1.165, 1.54) is 6.07 Å². The zero-order valence-electron chi connectivity index (χ0n) is 9.15. The van der Waals surface area contributed by atoms with E-state index in [1.54, 1.807) is 30.3 Å². The molecule has 1 heterocycles. The molecule has 18 heavy (non-hydrogen) atoms. The Labute approximate surface area is 117 Å². The average molecular weight is 326 g/mol. The molecule has 0 saturated carbocycles. The summed E-state index contributed by atoms with van der Waals surface area (Å²) in [6.45, 7) is 0. The summed E-state index contributed by atoms with van der Waals surface area (Å²) in [5, 5.41) is 2.87. The Morgan fingerprint density at radius 2 is 2.11 bits per heavy atom. The summed E-state index contributed by atoms with van der Waals surface area (Å²) in [5.41, 5.74) is 6.32. The smallest absolute Gasteiger partial charge is 0.147 e. The van der Waals surface area contributed by atoms with Crippen molar-refractivity contribution in [3.8, 4) is 0 Å². The molecule has 0 bridgehead atoms. The monoisotopic (exact) mass is 325 g/mol. The van der Waals surface area contributed by atoms with Gasteiger partial charge >= 0.3 is 0 Å². The first kappa shape index (κ1) is 12.9. The summed E-state index contributed by atoms with van der Waals surface area (Å²) in [6, 6.07) is 9.90. The maximum atomic E-state index is 13.6. The molecule has 0 unspecified atom stereocenters. The Morgan fingerprint density at radius 1 is 1.33 bits per heavy atom. The van der Waals surface area contributed by atoms with E-state index in [-0.39, 0.29) is 10.8 Å². The second-order valence-corrected chi connectivity index (χ2v) is 4.88. The lowest BCUT2D eigenvalue weighted by Gasteiger charge is -2.08. The topological polar surface area (TPSA) is 50.9 Å². The number of nitrogens with one attached hydrogen (secondary N) is 1. The van der Waals surface area contributed by atoms with Gasteiger partial charge in [-0.25, -0.2) is 9.37 Å². The summed E-state index contributed by atoms with van der Waals surface area (Å²) < 4.78 is 14.3. The predicted molar refractivity (Wildman–Crippen MR) is 77.5 cm³/mol. The van der Waals surface area contributed by atoms with E-state index in [2.05, 4.69) is 26.2 Å². The molecule has 6 heteroatoms. The molecule has 0 aliphatic heterocycles. The van der Waals surface area contributed by atoms with E-state index in [0.717, 1.165) is 0 Å². The predicted octanol–water partition coefficient (Wildman–Crippen LogP) is 3.36. The number of hydrogen-bond donors (Lipinski definition) is 2. The van der Waals surface area contributed by atoms with Crippen LogP contribution in [0.3, 0.4) is 0 Å². The number of benzene rings is 1. The molecule has 3 nitrogen and oxygen atoms in total. The number of nitrogens with zero attached hydrogens (tertiary/aromatic N) is 1. The van der Waals surface area contributed by atoms with Crippen molar-refractivity contribution in [2.45, 2.75) is 0 Å². The number of pyridine rings is 1. The maximum absolute atomic E-state index is 13.6. The Balaban J connectivity index is 2.28. The van der Waals surface area contributed by atoms with Crippen LogP contribution < -0.4 is 11.1 Å². The van der Waals surface area contributed by atoms with E-state index < -0.39 is 0 Å². The molecule has 2 rings (SSSR count). The van der Waals surface area contributed by atoms with Crippen molar-refractivity contribution in [3.63, 3.8) is 0 Å². The van der Waals surface area contributed by atoms with E-state index in [9.17, 15) is 4.39 Å². The number of hydrogen-bond acceptors (Lipinski definition) is 3. The molecular formula is C12H9BrFN3S. The lowest BCUT2D eigenvalue weighted by atomic mass is 10.3. The molecule has 1 aromatic heterocycles. The van der Waals surface area contributed by atoms with Gasteiger partial charge in [-0.15, -0.1) is 0 Å². The summed E-state index contributed by atoms with van der Waals surface area (Å²) in [7, 11) is 0. The van der Waals surface area contributed by atoms with Crippen molar-refractivity contribution in [1.82, 2.24) is 4.98 Å². The zero-order chi connectivity index (χ0) is 13.1. The maximum Gasteiger partial charge on any atom is 0.147 e. The number of thiocarbonyl (C=S) groups is 1. The van der Waals surface area contributed by atoms with Gasteiger partial charge in [0.1, 0.15) is 16.6 Å². The standard InChI is InChI=1S/C12H9BrFN3S/c13-7-4-5-9(8(14)6-7)16-11-3-1-2-10(17-11)12(15)18/h1-6H,(H2,15,18)(H,16,17).